The summed E-state index contributed by atoms with van der Waals surface area (Å²) >= 11 is 0. The highest BCUT2D eigenvalue weighted by Gasteiger charge is 2.37. The molecule has 14 heteroatoms. The van der Waals surface area contributed by atoms with E-state index in [4.69, 9.17) is 0 Å². The molecule has 1 saturated heterocycles. The van der Waals surface area contributed by atoms with Gasteiger partial charge in [-0.2, -0.15) is 0 Å². The van der Waals surface area contributed by atoms with E-state index in [1.807, 2.05) is 24.3 Å². The Morgan fingerprint density at radius 2 is 1.61 bits per heavy atom. The van der Waals surface area contributed by atoms with Crippen molar-refractivity contribution in [1.29, 1.82) is 0 Å². The van der Waals surface area contributed by atoms with E-state index in [-0.39, 0.29) is 12.3 Å². The summed E-state index contributed by atoms with van der Waals surface area (Å²) in [6, 6.07) is 2.70. The van der Waals surface area contributed by atoms with Crippen LogP contribution in [-0.4, -0.2) is 120 Å². The standard InChI is InChI=1S/C32H47N7O7/c1-19(2)28-31(45)36-23(13-9-10-14-39(4,5)6)29(43)34-18-26(40)35-24(16-27(41)42)30(44)37-25(32(46)38(28)3)15-20-17-33-22-12-8-7-11-21(20)22/h7-8,11-12,17,19,23-25,28,33H,9-10,13-16,18H2,1-6H3,(H4-,34,35,36,37,40,41,42,43,44,45)/p+1/t23-,24-,25?,28?/m0/s1. The number of aliphatic carboxylic acids is 1. The van der Waals surface area contributed by atoms with Crippen LogP contribution in [0.15, 0.2) is 30.5 Å². The molecular formula is C32H48N7O7+. The average Bonchev–Trinajstić information content (AvgIpc) is 3.37. The molecule has 1 aromatic heterocycles. The summed E-state index contributed by atoms with van der Waals surface area (Å²) in [7, 11) is 7.63. The fourth-order valence-corrected chi connectivity index (χ4v) is 5.68. The maximum absolute atomic E-state index is 14.1. The zero-order valence-electron chi connectivity index (χ0n) is 27.5. The van der Waals surface area contributed by atoms with Crippen LogP contribution in [0.2, 0.25) is 0 Å². The summed E-state index contributed by atoms with van der Waals surface area (Å²) in [5.41, 5.74) is 1.54. The minimum Gasteiger partial charge on any atom is -0.481 e. The fraction of sp³-hybridized carbons (Fsp3) is 0.562. The Kier molecular flexibility index (Phi) is 12.3. The summed E-state index contributed by atoms with van der Waals surface area (Å²) in [5, 5.41) is 20.6. The zero-order chi connectivity index (χ0) is 34.2. The number of amides is 5. The number of nitrogens with one attached hydrogen (secondary N) is 5. The highest BCUT2D eigenvalue weighted by atomic mass is 16.4. The van der Waals surface area contributed by atoms with Crippen molar-refractivity contribution in [3.05, 3.63) is 36.0 Å². The molecule has 1 aliphatic rings. The van der Waals surface area contributed by atoms with Gasteiger partial charge in [0.15, 0.2) is 0 Å². The van der Waals surface area contributed by atoms with E-state index < -0.39 is 72.6 Å². The van der Waals surface area contributed by atoms with Crippen molar-refractivity contribution in [1.82, 2.24) is 31.2 Å². The van der Waals surface area contributed by atoms with Crippen LogP contribution in [0.5, 0.6) is 0 Å². The van der Waals surface area contributed by atoms with Gasteiger partial charge in [-0.25, -0.2) is 0 Å². The zero-order valence-corrected chi connectivity index (χ0v) is 27.5. The number of likely N-dealkylation sites (N-methyl/N-ethyl adjacent to an activating group) is 1. The van der Waals surface area contributed by atoms with Crippen LogP contribution < -0.4 is 21.3 Å². The average molecular weight is 643 g/mol. The van der Waals surface area contributed by atoms with Crippen LogP contribution in [0.1, 0.15) is 45.1 Å². The van der Waals surface area contributed by atoms with Crippen LogP contribution in [0.25, 0.3) is 10.9 Å². The van der Waals surface area contributed by atoms with Crippen LogP contribution in [-0.2, 0) is 35.2 Å². The molecule has 2 unspecified atom stereocenters. The van der Waals surface area contributed by atoms with Crippen LogP contribution in [0.4, 0.5) is 0 Å². The molecule has 14 nitrogen and oxygen atoms in total. The molecular weight excluding hydrogens is 594 g/mol. The first-order valence-electron chi connectivity index (χ1n) is 15.6. The van der Waals surface area contributed by atoms with Gasteiger partial charge in [-0.1, -0.05) is 32.0 Å². The molecule has 252 valence electrons. The monoisotopic (exact) mass is 642 g/mol. The first-order chi connectivity index (χ1) is 21.6. The summed E-state index contributed by atoms with van der Waals surface area (Å²) in [5.74, 6) is -5.14. The molecule has 0 bridgehead atoms. The molecule has 0 saturated carbocycles. The van der Waals surface area contributed by atoms with Crippen LogP contribution >= 0.6 is 0 Å². The van der Waals surface area contributed by atoms with Gasteiger partial charge in [-0.3, -0.25) is 28.8 Å². The second-order valence-electron chi connectivity index (χ2n) is 13.3. The lowest BCUT2D eigenvalue weighted by atomic mass is 9.98. The van der Waals surface area contributed by atoms with Crippen molar-refractivity contribution in [3.8, 4) is 0 Å². The number of H-pyrrole nitrogens is 1. The summed E-state index contributed by atoms with van der Waals surface area (Å²) in [4.78, 5) is 83.5. The van der Waals surface area contributed by atoms with Crippen molar-refractivity contribution < 1.29 is 38.4 Å². The first-order valence-corrected chi connectivity index (χ1v) is 15.6. The van der Waals surface area contributed by atoms with E-state index in [0.29, 0.717) is 18.4 Å². The van der Waals surface area contributed by atoms with Gasteiger partial charge in [0.05, 0.1) is 40.7 Å². The van der Waals surface area contributed by atoms with Crippen molar-refractivity contribution in [3.63, 3.8) is 0 Å². The maximum atomic E-state index is 14.1. The summed E-state index contributed by atoms with van der Waals surface area (Å²) in [6.07, 6.45) is 2.70. The predicted molar refractivity (Wildman–Crippen MR) is 171 cm³/mol. The molecule has 2 heterocycles. The number of carboxylic acids is 1. The number of para-hydroxylation sites is 1. The van der Waals surface area contributed by atoms with Gasteiger partial charge in [0, 0.05) is 30.6 Å². The van der Waals surface area contributed by atoms with Crippen LogP contribution in [0, 0.1) is 5.92 Å². The Balaban J connectivity index is 2.00. The number of carbonyl (C=O) groups is 6. The molecule has 6 N–H and O–H groups in total. The number of quaternary nitrogens is 1. The van der Waals surface area contributed by atoms with Gasteiger partial charge in [-0.05, 0) is 36.8 Å². The molecule has 1 aliphatic heterocycles. The summed E-state index contributed by atoms with van der Waals surface area (Å²) < 4.78 is 0.732. The normalized spacial score (nSPS) is 22.5. The molecule has 2 aromatic rings. The largest absolute Gasteiger partial charge is 0.481 e. The number of hydrogen-bond acceptors (Lipinski definition) is 6. The Morgan fingerprint density at radius 3 is 2.26 bits per heavy atom. The number of aromatic nitrogens is 1. The lowest BCUT2D eigenvalue weighted by Crippen LogP contribution is -2.59. The Labute approximate surface area is 269 Å². The third-order valence-corrected chi connectivity index (χ3v) is 8.04. The van der Waals surface area contributed by atoms with E-state index in [1.165, 1.54) is 11.9 Å². The molecule has 5 amide bonds. The topological polar surface area (TPSA) is 190 Å². The summed E-state index contributed by atoms with van der Waals surface area (Å²) in [6.45, 7) is 3.85. The van der Waals surface area contributed by atoms with E-state index in [2.05, 4.69) is 47.4 Å². The molecule has 4 atom stereocenters. The molecule has 46 heavy (non-hydrogen) atoms. The fourth-order valence-electron chi connectivity index (χ4n) is 5.68. The number of aromatic amines is 1. The Bertz CT molecular complexity index is 1430. The number of carboxylic acid groups (broad SMARTS) is 1. The van der Waals surface area contributed by atoms with E-state index in [9.17, 15) is 33.9 Å². The smallest absolute Gasteiger partial charge is 0.305 e. The van der Waals surface area contributed by atoms with Crippen molar-refractivity contribution >= 4 is 46.4 Å². The van der Waals surface area contributed by atoms with Crippen molar-refractivity contribution in [2.75, 3.05) is 41.3 Å². The third kappa shape index (κ3) is 10.0. The van der Waals surface area contributed by atoms with Gasteiger partial charge in [0.2, 0.25) is 29.5 Å². The molecule has 1 aromatic carbocycles. The quantitative estimate of drug-likeness (QED) is 0.157. The molecule has 0 radical (unpaired) electrons. The number of carbonyl (C=O) groups excluding carboxylic acids is 5. The highest BCUT2D eigenvalue weighted by Crippen LogP contribution is 2.21. The minimum absolute atomic E-state index is 0.0219. The van der Waals surface area contributed by atoms with Gasteiger partial charge in [0.1, 0.15) is 24.2 Å². The molecule has 0 aliphatic carbocycles. The van der Waals surface area contributed by atoms with Gasteiger partial charge >= 0.3 is 5.97 Å². The maximum Gasteiger partial charge on any atom is 0.305 e. The second-order valence-corrected chi connectivity index (χ2v) is 13.3. The van der Waals surface area contributed by atoms with Crippen molar-refractivity contribution in [2.24, 2.45) is 5.92 Å². The third-order valence-electron chi connectivity index (χ3n) is 8.04. The molecule has 0 spiro atoms. The highest BCUT2D eigenvalue weighted by molar-refractivity contribution is 5.98. The van der Waals surface area contributed by atoms with E-state index >= 15 is 0 Å². The Morgan fingerprint density at radius 1 is 0.935 bits per heavy atom. The first kappa shape index (κ1) is 36.0. The lowest BCUT2D eigenvalue weighted by Gasteiger charge is -2.34. The predicted octanol–water partition coefficient (Wildman–Crippen LogP) is 0.129. The van der Waals surface area contributed by atoms with Gasteiger partial charge in [0.25, 0.3) is 0 Å². The van der Waals surface area contributed by atoms with E-state index in [1.54, 1.807) is 20.0 Å². The van der Waals surface area contributed by atoms with Crippen LogP contribution in [0.3, 0.4) is 0 Å². The molecule has 3 rings (SSSR count). The SMILES string of the molecule is CC(C)C1C(=O)N[C@@H](CCCC[N+](C)(C)C)C(=O)NCC(=O)N[C@@H](CC(=O)O)C(=O)NC(Cc2c[nH]c3ccccc23)C(=O)N1C. The number of benzene rings is 1. The van der Waals surface area contributed by atoms with Gasteiger partial charge in [-0.15, -0.1) is 0 Å². The number of unbranched alkanes of at least 4 members (excludes halogenated alkanes) is 1. The second kappa shape index (κ2) is 15.7. The van der Waals surface area contributed by atoms with Crippen molar-refractivity contribution in [2.45, 2.75) is 70.1 Å². The number of fused-ring (bicyclic) bond motifs is 1. The number of nitrogens with zero attached hydrogens (tertiary/aromatic N) is 2. The van der Waals surface area contributed by atoms with Gasteiger partial charge < -0.3 is 40.7 Å². The number of rotatable bonds is 10. The number of hydrogen-bond donors (Lipinski definition) is 6. The Hall–Kier alpha value is -4.46. The lowest BCUT2D eigenvalue weighted by molar-refractivity contribution is -0.870. The van der Waals surface area contributed by atoms with E-state index in [0.717, 1.165) is 28.4 Å². The minimum atomic E-state index is -1.53. The molecule has 1 fully saturated rings.